The van der Waals surface area contributed by atoms with E-state index in [4.69, 9.17) is 11.5 Å². The van der Waals surface area contributed by atoms with Gasteiger partial charge < -0.3 is 16.2 Å². The Hall–Kier alpha value is -2.48. The summed E-state index contributed by atoms with van der Waals surface area (Å²) >= 11 is 0. The number of carbonyl (C=O) groups excluding carboxylic acids is 3. The fraction of sp³-hybridized carbons (Fsp3) is 0.308. The van der Waals surface area contributed by atoms with Gasteiger partial charge in [0.05, 0.1) is 25.8 Å². The van der Waals surface area contributed by atoms with Gasteiger partial charge in [-0.25, -0.2) is 9.18 Å². The zero-order chi connectivity index (χ0) is 16.0. The molecular weight excluding hydrogens is 281 g/mol. The lowest BCUT2D eigenvalue weighted by molar-refractivity contribution is -0.122. The van der Waals surface area contributed by atoms with Crippen LogP contribution in [0.2, 0.25) is 0 Å². The Kier molecular flexibility index (Phi) is 5.79. The van der Waals surface area contributed by atoms with Gasteiger partial charge in [-0.2, -0.15) is 0 Å². The van der Waals surface area contributed by atoms with Crippen LogP contribution >= 0.6 is 0 Å². The number of hydrogen-bond acceptors (Lipinski definition) is 5. The summed E-state index contributed by atoms with van der Waals surface area (Å²) in [5.41, 5.74) is 10.4. The zero-order valence-electron chi connectivity index (χ0n) is 11.5. The second-order valence-corrected chi connectivity index (χ2v) is 4.38. The van der Waals surface area contributed by atoms with Crippen molar-refractivity contribution in [3.63, 3.8) is 0 Å². The maximum Gasteiger partial charge on any atom is 0.340 e. The number of amides is 2. The zero-order valence-corrected chi connectivity index (χ0v) is 11.5. The van der Waals surface area contributed by atoms with E-state index in [9.17, 15) is 18.8 Å². The summed E-state index contributed by atoms with van der Waals surface area (Å²) in [6.07, 6.45) is 0. The van der Waals surface area contributed by atoms with E-state index in [1.165, 1.54) is 17.0 Å². The van der Waals surface area contributed by atoms with E-state index < -0.39 is 23.6 Å². The average Bonchev–Trinajstić information content (AvgIpc) is 2.36. The minimum absolute atomic E-state index is 0.0876. The average molecular weight is 297 g/mol. The van der Waals surface area contributed by atoms with E-state index in [1.807, 2.05) is 0 Å². The molecule has 0 heterocycles. The molecule has 0 aliphatic carbocycles. The maximum absolute atomic E-state index is 13.8. The first-order valence-electron chi connectivity index (χ1n) is 5.99. The van der Waals surface area contributed by atoms with Gasteiger partial charge in [0.15, 0.2) is 0 Å². The molecule has 0 atom stereocenters. The molecule has 114 valence electrons. The number of halogens is 1. The summed E-state index contributed by atoms with van der Waals surface area (Å²) < 4.78 is 18.2. The number of carbonyl (C=O) groups is 3. The number of rotatable bonds is 7. The van der Waals surface area contributed by atoms with Crippen LogP contribution in [0.4, 0.5) is 4.39 Å². The molecule has 0 radical (unpaired) electrons. The van der Waals surface area contributed by atoms with Gasteiger partial charge in [-0.3, -0.25) is 14.5 Å². The van der Waals surface area contributed by atoms with Crippen molar-refractivity contribution in [3.8, 4) is 0 Å². The molecule has 21 heavy (non-hydrogen) atoms. The van der Waals surface area contributed by atoms with Crippen LogP contribution in [0.15, 0.2) is 18.2 Å². The third kappa shape index (κ3) is 5.19. The second kappa shape index (κ2) is 7.34. The lowest BCUT2D eigenvalue weighted by atomic mass is 10.1. The summed E-state index contributed by atoms with van der Waals surface area (Å²) in [7, 11) is 1.15. The van der Waals surface area contributed by atoms with Crippen LogP contribution in [0.5, 0.6) is 0 Å². The van der Waals surface area contributed by atoms with Crippen molar-refractivity contribution in [2.75, 3.05) is 20.2 Å². The van der Waals surface area contributed by atoms with Crippen molar-refractivity contribution in [3.05, 3.63) is 35.1 Å². The van der Waals surface area contributed by atoms with Crippen LogP contribution in [-0.2, 0) is 20.9 Å². The quantitative estimate of drug-likeness (QED) is 0.651. The third-order valence-corrected chi connectivity index (χ3v) is 2.60. The third-order valence-electron chi connectivity index (χ3n) is 2.60. The summed E-state index contributed by atoms with van der Waals surface area (Å²) in [4.78, 5) is 34.5. The van der Waals surface area contributed by atoms with Gasteiger partial charge in [-0.05, 0) is 17.7 Å². The highest BCUT2D eigenvalue weighted by Gasteiger charge is 2.15. The topological polar surface area (TPSA) is 116 Å². The number of methoxy groups -OCH3 is 1. The molecule has 0 unspecified atom stereocenters. The smallest absolute Gasteiger partial charge is 0.340 e. The van der Waals surface area contributed by atoms with Crippen molar-refractivity contribution in [1.29, 1.82) is 0 Å². The molecule has 4 N–H and O–H groups in total. The molecule has 1 aromatic carbocycles. The summed E-state index contributed by atoms with van der Waals surface area (Å²) in [6.45, 7) is -0.295. The maximum atomic E-state index is 13.8. The Labute approximate surface area is 120 Å². The standard InChI is InChI=1S/C13H16FN3O4/c1-21-13(20)9-3-2-8(4-10(9)14)5-17(6-11(15)18)7-12(16)19/h2-4H,5-7H2,1H3,(H2,15,18)(H2,16,19). The van der Waals surface area contributed by atoms with Crippen LogP contribution in [0.25, 0.3) is 0 Å². The molecule has 8 heteroatoms. The SMILES string of the molecule is COC(=O)c1ccc(CN(CC(N)=O)CC(N)=O)cc1F. The van der Waals surface area contributed by atoms with Crippen molar-refractivity contribution < 1.29 is 23.5 Å². The Morgan fingerprint density at radius 3 is 2.19 bits per heavy atom. The lowest BCUT2D eigenvalue weighted by Gasteiger charge is -2.19. The first kappa shape index (κ1) is 16.6. The van der Waals surface area contributed by atoms with Crippen molar-refractivity contribution in [1.82, 2.24) is 4.90 Å². The van der Waals surface area contributed by atoms with E-state index in [0.717, 1.165) is 13.2 Å². The molecule has 0 bridgehead atoms. The molecule has 1 aromatic rings. The predicted molar refractivity (Wildman–Crippen MR) is 71.4 cm³/mol. The number of ether oxygens (including phenoxy) is 1. The molecule has 0 saturated carbocycles. The number of benzene rings is 1. The van der Waals surface area contributed by atoms with Gasteiger partial charge >= 0.3 is 5.97 Å². The number of esters is 1. The van der Waals surface area contributed by atoms with Gasteiger partial charge in [0.2, 0.25) is 11.8 Å². The minimum atomic E-state index is -0.787. The number of hydrogen-bond donors (Lipinski definition) is 2. The van der Waals surface area contributed by atoms with Gasteiger partial charge in [0.1, 0.15) is 5.82 Å². The Balaban J connectivity index is 2.88. The van der Waals surface area contributed by atoms with Gasteiger partial charge in [-0.1, -0.05) is 6.07 Å². The molecule has 0 fully saturated rings. The second-order valence-electron chi connectivity index (χ2n) is 4.38. The van der Waals surface area contributed by atoms with Gasteiger partial charge in [0, 0.05) is 6.54 Å². The van der Waals surface area contributed by atoms with Crippen LogP contribution in [0.1, 0.15) is 15.9 Å². The number of primary amides is 2. The summed E-state index contributed by atoms with van der Waals surface area (Å²) in [6, 6.07) is 3.88. The fourth-order valence-electron chi connectivity index (χ4n) is 1.80. The van der Waals surface area contributed by atoms with E-state index in [1.54, 1.807) is 0 Å². The van der Waals surface area contributed by atoms with Crippen LogP contribution in [0, 0.1) is 5.82 Å². The van der Waals surface area contributed by atoms with Gasteiger partial charge in [0.25, 0.3) is 0 Å². The molecule has 0 aliphatic heterocycles. The monoisotopic (exact) mass is 297 g/mol. The Morgan fingerprint density at radius 2 is 1.76 bits per heavy atom. The van der Waals surface area contributed by atoms with E-state index >= 15 is 0 Å². The van der Waals surface area contributed by atoms with E-state index in [2.05, 4.69) is 4.74 Å². The van der Waals surface area contributed by atoms with Crippen LogP contribution in [0.3, 0.4) is 0 Å². The van der Waals surface area contributed by atoms with Crippen LogP contribution in [-0.4, -0.2) is 42.9 Å². The Morgan fingerprint density at radius 1 is 1.19 bits per heavy atom. The number of nitrogens with zero attached hydrogens (tertiary/aromatic N) is 1. The van der Waals surface area contributed by atoms with Crippen molar-refractivity contribution in [2.24, 2.45) is 11.5 Å². The van der Waals surface area contributed by atoms with E-state index in [0.29, 0.717) is 5.56 Å². The number of nitrogens with two attached hydrogens (primary N) is 2. The molecule has 2 amide bonds. The first-order chi connectivity index (χ1) is 9.83. The minimum Gasteiger partial charge on any atom is -0.465 e. The normalized spacial score (nSPS) is 10.4. The summed E-state index contributed by atoms with van der Waals surface area (Å²) in [5.74, 6) is -2.81. The van der Waals surface area contributed by atoms with Crippen LogP contribution < -0.4 is 11.5 Å². The fourth-order valence-corrected chi connectivity index (χ4v) is 1.80. The van der Waals surface area contributed by atoms with E-state index in [-0.39, 0.29) is 25.2 Å². The highest BCUT2D eigenvalue weighted by atomic mass is 19.1. The first-order valence-corrected chi connectivity index (χ1v) is 5.99. The summed E-state index contributed by atoms with van der Waals surface area (Å²) in [5, 5.41) is 0. The Bertz CT molecular complexity index is 546. The highest BCUT2D eigenvalue weighted by molar-refractivity contribution is 5.89. The predicted octanol–water partition coefficient (Wildman–Crippen LogP) is -0.615. The lowest BCUT2D eigenvalue weighted by Crippen LogP contribution is -2.39. The molecule has 0 aliphatic rings. The van der Waals surface area contributed by atoms with Crippen molar-refractivity contribution in [2.45, 2.75) is 6.54 Å². The molecule has 0 saturated heterocycles. The largest absolute Gasteiger partial charge is 0.465 e. The highest BCUT2D eigenvalue weighted by Crippen LogP contribution is 2.13. The molecule has 1 rings (SSSR count). The molecule has 0 spiro atoms. The van der Waals surface area contributed by atoms with Crippen molar-refractivity contribution >= 4 is 17.8 Å². The molecular formula is C13H16FN3O4. The molecule has 0 aromatic heterocycles. The molecule has 7 nitrogen and oxygen atoms in total. The van der Waals surface area contributed by atoms with Gasteiger partial charge in [-0.15, -0.1) is 0 Å².